The molecule has 0 unspecified atom stereocenters. The molecule has 0 aromatic rings. The monoisotopic (exact) mass is 282 g/mol. The Hall–Kier alpha value is -1.14. The van der Waals surface area contributed by atoms with E-state index >= 15 is 0 Å². The highest BCUT2D eigenvalue weighted by atomic mass is 16.2. The molecule has 2 N–H and O–H groups in total. The van der Waals surface area contributed by atoms with Crippen molar-refractivity contribution in [1.29, 1.82) is 0 Å². The molecule has 0 radical (unpaired) electrons. The van der Waals surface area contributed by atoms with E-state index in [0.717, 1.165) is 32.1 Å². The third-order valence-electron chi connectivity index (χ3n) is 4.18. The number of likely N-dealkylation sites (N-methyl/N-ethyl adjacent to an activating group) is 1. The summed E-state index contributed by atoms with van der Waals surface area (Å²) in [5, 5.41) is 6.07. The second-order valence-corrected chi connectivity index (χ2v) is 6.47. The van der Waals surface area contributed by atoms with Gasteiger partial charge in [0, 0.05) is 19.6 Å². The summed E-state index contributed by atoms with van der Waals surface area (Å²) < 4.78 is 0. The maximum absolute atomic E-state index is 12.1. The van der Waals surface area contributed by atoms with Crippen LogP contribution in [-0.2, 0) is 4.79 Å². The van der Waals surface area contributed by atoms with E-state index in [-0.39, 0.29) is 11.9 Å². The van der Waals surface area contributed by atoms with Crippen LogP contribution in [0.15, 0.2) is 0 Å². The van der Waals surface area contributed by atoms with E-state index in [1.165, 1.54) is 17.7 Å². The van der Waals surface area contributed by atoms with Crippen LogP contribution in [0.2, 0.25) is 0 Å². The van der Waals surface area contributed by atoms with E-state index < -0.39 is 5.54 Å². The van der Waals surface area contributed by atoms with E-state index in [1.54, 1.807) is 13.8 Å². The molecule has 0 aliphatic carbocycles. The standard InChI is InChI=1S/C14H26N4O2/c1-14(2)12(19)18(13(20)16-14)9-8-17(3)10-11-4-6-15-7-5-11/h11,15H,4-10H2,1-3H3,(H,16,20). The van der Waals surface area contributed by atoms with Crippen LogP contribution < -0.4 is 10.6 Å². The first-order chi connectivity index (χ1) is 9.40. The summed E-state index contributed by atoms with van der Waals surface area (Å²) in [5.74, 6) is 0.596. The molecule has 20 heavy (non-hydrogen) atoms. The minimum atomic E-state index is -0.759. The predicted molar refractivity (Wildman–Crippen MR) is 77.4 cm³/mol. The molecule has 0 aromatic carbocycles. The van der Waals surface area contributed by atoms with E-state index in [9.17, 15) is 9.59 Å². The molecule has 0 atom stereocenters. The van der Waals surface area contributed by atoms with Crippen LogP contribution >= 0.6 is 0 Å². The summed E-state index contributed by atoms with van der Waals surface area (Å²) in [4.78, 5) is 27.4. The molecule has 2 saturated heterocycles. The van der Waals surface area contributed by atoms with Gasteiger partial charge in [0.2, 0.25) is 0 Å². The second kappa shape index (κ2) is 6.10. The summed E-state index contributed by atoms with van der Waals surface area (Å²) >= 11 is 0. The van der Waals surface area contributed by atoms with Crippen LogP contribution in [0.5, 0.6) is 0 Å². The smallest absolute Gasteiger partial charge is 0.324 e. The van der Waals surface area contributed by atoms with Gasteiger partial charge in [0.1, 0.15) is 5.54 Å². The van der Waals surface area contributed by atoms with Crippen LogP contribution in [0.25, 0.3) is 0 Å². The zero-order valence-corrected chi connectivity index (χ0v) is 12.7. The molecule has 2 fully saturated rings. The van der Waals surface area contributed by atoms with Crippen LogP contribution in [-0.4, -0.2) is 67.0 Å². The number of nitrogens with one attached hydrogen (secondary N) is 2. The van der Waals surface area contributed by atoms with E-state index in [2.05, 4.69) is 22.6 Å². The number of nitrogens with zero attached hydrogens (tertiary/aromatic N) is 2. The Labute approximate surface area is 120 Å². The van der Waals surface area contributed by atoms with Gasteiger partial charge < -0.3 is 15.5 Å². The molecule has 0 spiro atoms. The quantitative estimate of drug-likeness (QED) is 0.710. The maximum Gasteiger partial charge on any atom is 0.325 e. The Bertz CT molecular complexity index is 377. The number of amides is 3. The van der Waals surface area contributed by atoms with Crippen molar-refractivity contribution in [3.8, 4) is 0 Å². The molecule has 0 aromatic heterocycles. The summed E-state index contributed by atoms with van der Waals surface area (Å²) in [6.07, 6.45) is 2.42. The van der Waals surface area contributed by atoms with Gasteiger partial charge in [0.15, 0.2) is 0 Å². The molecule has 2 aliphatic rings. The van der Waals surface area contributed by atoms with Gasteiger partial charge >= 0.3 is 6.03 Å². The van der Waals surface area contributed by atoms with Gasteiger partial charge in [-0.3, -0.25) is 9.69 Å². The first kappa shape index (κ1) is 15.3. The summed E-state index contributed by atoms with van der Waals surface area (Å²) in [6, 6.07) is -0.268. The van der Waals surface area contributed by atoms with Crippen LogP contribution in [0.3, 0.4) is 0 Å². The zero-order chi connectivity index (χ0) is 14.8. The number of hydrogen-bond acceptors (Lipinski definition) is 4. The minimum Gasteiger partial charge on any atom is -0.324 e. The Morgan fingerprint density at radius 3 is 2.50 bits per heavy atom. The second-order valence-electron chi connectivity index (χ2n) is 6.47. The van der Waals surface area contributed by atoms with E-state index in [4.69, 9.17) is 0 Å². The molecule has 3 amide bonds. The Balaban J connectivity index is 1.77. The SMILES string of the molecule is CN(CCN1C(=O)NC(C)(C)C1=O)CC1CCNCC1. The average Bonchev–Trinajstić information content (AvgIpc) is 2.58. The van der Waals surface area contributed by atoms with Gasteiger partial charge in [-0.25, -0.2) is 4.79 Å². The third kappa shape index (κ3) is 3.49. The Kier molecular flexibility index (Phi) is 4.65. The summed E-state index contributed by atoms with van der Waals surface area (Å²) in [6.45, 7) is 7.92. The first-order valence-corrected chi connectivity index (χ1v) is 7.43. The molecule has 6 heteroatoms. The number of carbonyl (C=O) groups is 2. The number of carbonyl (C=O) groups excluding carboxylic acids is 2. The summed E-state index contributed by atoms with van der Waals surface area (Å²) in [5.41, 5.74) is -0.759. The number of piperidine rings is 1. The van der Waals surface area contributed by atoms with Crippen molar-refractivity contribution in [2.45, 2.75) is 32.2 Å². The van der Waals surface area contributed by atoms with Crippen LogP contribution in [0.1, 0.15) is 26.7 Å². The van der Waals surface area contributed by atoms with Crippen LogP contribution in [0.4, 0.5) is 4.79 Å². The molecule has 114 valence electrons. The van der Waals surface area contributed by atoms with Crippen molar-refractivity contribution >= 4 is 11.9 Å². The average molecular weight is 282 g/mol. The van der Waals surface area contributed by atoms with Gasteiger partial charge in [0.25, 0.3) is 5.91 Å². The van der Waals surface area contributed by atoms with E-state index in [0.29, 0.717) is 6.54 Å². The topological polar surface area (TPSA) is 64.7 Å². The lowest BCUT2D eigenvalue weighted by molar-refractivity contribution is -0.130. The van der Waals surface area contributed by atoms with Crippen molar-refractivity contribution in [3.63, 3.8) is 0 Å². The van der Waals surface area contributed by atoms with Gasteiger partial charge in [-0.1, -0.05) is 0 Å². The molecule has 2 aliphatic heterocycles. The first-order valence-electron chi connectivity index (χ1n) is 7.43. The lowest BCUT2D eigenvalue weighted by Crippen LogP contribution is -2.42. The fourth-order valence-corrected chi connectivity index (χ4v) is 2.89. The Morgan fingerprint density at radius 1 is 1.30 bits per heavy atom. The molecule has 2 heterocycles. The van der Waals surface area contributed by atoms with Crippen molar-refractivity contribution < 1.29 is 9.59 Å². The fraction of sp³-hybridized carbons (Fsp3) is 0.857. The molecule has 6 nitrogen and oxygen atoms in total. The minimum absolute atomic E-state index is 0.127. The van der Waals surface area contributed by atoms with Gasteiger partial charge in [-0.05, 0) is 52.7 Å². The van der Waals surface area contributed by atoms with Crippen LogP contribution in [0, 0.1) is 5.92 Å². The van der Waals surface area contributed by atoms with Crippen molar-refractivity contribution in [3.05, 3.63) is 0 Å². The highest BCUT2D eigenvalue weighted by Gasteiger charge is 2.43. The van der Waals surface area contributed by atoms with Crippen molar-refractivity contribution in [1.82, 2.24) is 20.4 Å². The summed E-state index contributed by atoms with van der Waals surface area (Å²) in [7, 11) is 2.06. The zero-order valence-electron chi connectivity index (χ0n) is 12.7. The lowest BCUT2D eigenvalue weighted by atomic mass is 9.98. The fourth-order valence-electron chi connectivity index (χ4n) is 2.89. The molecule has 2 rings (SSSR count). The number of hydrogen-bond donors (Lipinski definition) is 2. The van der Waals surface area contributed by atoms with Gasteiger partial charge in [-0.15, -0.1) is 0 Å². The third-order valence-corrected chi connectivity index (χ3v) is 4.18. The van der Waals surface area contributed by atoms with Crippen molar-refractivity contribution in [2.24, 2.45) is 5.92 Å². The predicted octanol–water partition coefficient (Wildman–Crippen LogP) is 0.248. The molecular formula is C14H26N4O2. The highest BCUT2D eigenvalue weighted by Crippen LogP contribution is 2.17. The van der Waals surface area contributed by atoms with Gasteiger partial charge in [-0.2, -0.15) is 0 Å². The highest BCUT2D eigenvalue weighted by molar-refractivity contribution is 6.06. The molecule has 0 bridgehead atoms. The maximum atomic E-state index is 12.1. The van der Waals surface area contributed by atoms with Crippen molar-refractivity contribution in [2.75, 3.05) is 39.8 Å². The molecule has 0 saturated carbocycles. The van der Waals surface area contributed by atoms with E-state index in [1.807, 2.05) is 0 Å². The number of rotatable bonds is 5. The molecular weight excluding hydrogens is 256 g/mol. The number of imide groups is 1. The lowest BCUT2D eigenvalue weighted by Gasteiger charge is -2.28. The normalized spacial score (nSPS) is 23.5. The largest absolute Gasteiger partial charge is 0.325 e. The Morgan fingerprint density at radius 2 is 1.95 bits per heavy atom. The number of urea groups is 1. The van der Waals surface area contributed by atoms with Gasteiger partial charge in [0.05, 0.1) is 0 Å².